The van der Waals surface area contributed by atoms with Crippen LogP contribution in [0.5, 0.6) is 0 Å². The van der Waals surface area contributed by atoms with Gasteiger partial charge in [0.05, 0.1) is 12.4 Å². The van der Waals surface area contributed by atoms with Gasteiger partial charge in [-0.3, -0.25) is 4.79 Å². The van der Waals surface area contributed by atoms with Gasteiger partial charge in [-0.15, -0.1) is 0 Å². The molecular weight excluding hydrogens is 288 g/mol. The highest BCUT2D eigenvalue weighted by Crippen LogP contribution is 2.09. The van der Waals surface area contributed by atoms with E-state index < -0.39 is 0 Å². The minimum absolute atomic E-state index is 0.250. The first-order valence-corrected chi connectivity index (χ1v) is 7.15. The molecule has 2 rings (SSSR count). The number of anilines is 1. The van der Waals surface area contributed by atoms with E-state index in [0.717, 1.165) is 18.5 Å². The van der Waals surface area contributed by atoms with E-state index in [4.69, 9.17) is 11.6 Å². The molecular formula is C15H17ClN4O. The third-order valence-corrected chi connectivity index (χ3v) is 3.06. The Labute approximate surface area is 128 Å². The molecule has 0 spiro atoms. The molecule has 0 saturated carbocycles. The van der Waals surface area contributed by atoms with E-state index in [9.17, 15) is 4.79 Å². The molecule has 0 saturated heterocycles. The summed E-state index contributed by atoms with van der Waals surface area (Å²) in [5.74, 6) is 0.422. The zero-order valence-corrected chi connectivity index (χ0v) is 12.5. The van der Waals surface area contributed by atoms with Gasteiger partial charge < -0.3 is 10.6 Å². The molecule has 0 unspecified atom stereocenters. The van der Waals surface area contributed by atoms with Crippen molar-refractivity contribution in [3.8, 4) is 0 Å². The Hall–Kier alpha value is -2.14. The molecule has 0 aliphatic rings. The van der Waals surface area contributed by atoms with Gasteiger partial charge in [0, 0.05) is 18.1 Å². The summed E-state index contributed by atoms with van der Waals surface area (Å²) in [5, 5.41) is 6.57. The predicted octanol–water partition coefficient (Wildman–Crippen LogP) is 2.88. The molecule has 1 amide bonds. The number of hydrogen-bond donors (Lipinski definition) is 2. The normalized spacial score (nSPS) is 10.2. The first-order valence-electron chi connectivity index (χ1n) is 6.77. The topological polar surface area (TPSA) is 66.9 Å². The highest BCUT2D eigenvalue weighted by molar-refractivity contribution is 6.30. The van der Waals surface area contributed by atoms with E-state index in [2.05, 4.69) is 27.5 Å². The molecule has 2 N–H and O–H groups in total. The Balaban J connectivity index is 1.89. The molecule has 0 aliphatic carbocycles. The van der Waals surface area contributed by atoms with Crippen LogP contribution >= 0.6 is 11.6 Å². The average molecular weight is 305 g/mol. The number of carbonyl (C=O) groups excluding carboxylic acids is 1. The fourth-order valence-corrected chi connectivity index (χ4v) is 1.79. The number of hydrogen-bond acceptors (Lipinski definition) is 4. The largest absolute Gasteiger partial charge is 0.369 e. The molecule has 1 aromatic heterocycles. The van der Waals surface area contributed by atoms with Gasteiger partial charge in [0.2, 0.25) is 0 Å². The number of halogens is 1. The molecule has 21 heavy (non-hydrogen) atoms. The van der Waals surface area contributed by atoms with E-state index in [-0.39, 0.29) is 5.91 Å². The van der Waals surface area contributed by atoms with Gasteiger partial charge in [-0.2, -0.15) is 0 Å². The van der Waals surface area contributed by atoms with Crippen molar-refractivity contribution in [2.24, 2.45) is 0 Å². The molecule has 0 bridgehead atoms. The molecule has 5 nitrogen and oxygen atoms in total. The molecule has 1 heterocycles. The minimum atomic E-state index is -0.250. The van der Waals surface area contributed by atoms with Gasteiger partial charge in [0.1, 0.15) is 11.5 Å². The number of nitrogens with zero attached hydrogens (tertiary/aromatic N) is 2. The van der Waals surface area contributed by atoms with Crippen LogP contribution in [0.1, 0.15) is 29.4 Å². The summed E-state index contributed by atoms with van der Waals surface area (Å²) >= 11 is 5.81. The van der Waals surface area contributed by atoms with Gasteiger partial charge in [-0.05, 0) is 24.1 Å². The molecule has 0 fully saturated rings. The summed E-state index contributed by atoms with van der Waals surface area (Å²) in [6, 6.07) is 7.31. The number of carbonyl (C=O) groups is 1. The van der Waals surface area contributed by atoms with E-state index in [1.807, 2.05) is 12.1 Å². The molecule has 0 atom stereocenters. The predicted molar refractivity (Wildman–Crippen MR) is 83.4 cm³/mol. The third kappa shape index (κ3) is 4.72. The smallest absolute Gasteiger partial charge is 0.271 e. The van der Waals surface area contributed by atoms with Gasteiger partial charge in [0.25, 0.3) is 5.91 Å². The monoisotopic (exact) mass is 304 g/mol. The third-order valence-electron chi connectivity index (χ3n) is 2.81. The molecule has 0 aliphatic heterocycles. The SMILES string of the molecule is CCCNc1cnc(C(=O)NCc2ccc(Cl)cc2)cn1. The van der Waals surface area contributed by atoms with E-state index in [0.29, 0.717) is 23.1 Å². The summed E-state index contributed by atoms with van der Waals surface area (Å²) in [6.07, 6.45) is 4.03. The minimum Gasteiger partial charge on any atom is -0.369 e. The number of rotatable bonds is 6. The number of amides is 1. The van der Waals surface area contributed by atoms with Crippen LogP contribution in [0.25, 0.3) is 0 Å². The molecule has 2 aromatic rings. The van der Waals surface area contributed by atoms with Crippen molar-refractivity contribution in [1.29, 1.82) is 0 Å². The second kappa shape index (κ2) is 7.59. The zero-order chi connectivity index (χ0) is 15.1. The Morgan fingerprint density at radius 3 is 2.57 bits per heavy atom. The van der Waals surface area contributed by atoms with Gasteiger partial charge in [0.15, 0.2) is 0 Å². The summed E-state index contributed by atoms with van der Waals surface area (Å²) in [4.78, 5) is 20.2. The first-order chi connectivity index (χ1) is 10.2. The molecule has 0 radical (unpaired) electrons. The summed E-state index contributed by atoms with van der Waals surface area (Å²) < 4.78 is 0. The quantitative estimate of drug-likeness (QED) is 0.861. The highest BCUT2D eigenvalue weighted by Gasteiger charge is 2.07. The van der Waals surface area contributed by atoms with Crippen molar-refractivity contribution in [2.45, 2.75) is 19.9 Å². The van der Waals surface area contributed by atoms with Crippen LogP contribution in [0.15, 0.2) is 36.7 Å². The van der Waals surface area contributed by atoms with Crippen molar-refractivity contribution in [1.82, 2.24) is 15.3 Å². The van der Waals surface area contributed by atoms with Crippen LogP contribution in [0, 0.1) is 0 Å². The lowest BCUT2D eigenvalue weighted by atomic mass is 10.2. The van der Waals surface area contributed by atoms with Crippen LogP contribution in [-0.2, 0) is 6.54 Å². The second-order valence-corrected chi connectivity index (χ2v) is 4.96. The standard InChI is InChI=1S/C15H17ClN4O/c1-2-7-17-14-10-18-13(9-19-14)15(21)20-8-11-3-5-12(16)6-4-11/h3-6,9-10H,2,7-8H2,1H3,(H,17,19)(H,20,21). The zero-order valence-electron chi connectivity index (χ0n) is 11.8. The average Bonchev–Trinajstić information content (AvgIpc) is 2.52. The first kappa shape index (κ1) is 15.3. The van der Waals surface area contributed by atoms with Crippen LogP contribution in [0.3, 0.4) is 0 Å². The van der Waals surface area contributed by atoms with Gasteiger partial charge in [-0.25, -0.2) is 9.97 Å². The van der Waals surface area contributed by atoms with Crippen LogP contribution < -0.4 is 10.6 Å². The second-order valence-electron chi connectivity index (χ2n) is 4.52. The molecule has 110 valence electrons. The van der Waals surface area contributed by atoms with E-state index >= 15 is 0 Å². The Morgan fingerprint density at radius 2 is 1.95 bits per heavy atom. The fourth-order valence-electron chi connectivity index (χ4n) is 1.66. The Bertz CT molecular complexity index is 584. The molecule has 6 heteroatoms. The van der Waals surface area contributed by atoms with Crippen LogP contribution in [0.2, 0.25) is 5.02 Å². The van der Waals surface area contributed by atoms with Crippen molar-refractivity contribution in [2.75, 3.05) is 11.9 Å². The maximum Gasteiger partial charge on any atom is 0.271 e. The summed E-state index contributed by atoms with van der Waals surface area (Å²) in [6.45, 7) is 3.32. The molecule has 1 aromatic carbocycles. The van der Waals surface area contributed by atoms with Gasteiger partial charge >= 0.3 is 0 Å². The maximum absolute atomic E-state index is 12.0. The number of aromatic nitrogens is 2. The van der Waals surface area contributed by atoms with Crippen LogP contribution in [0.4, 0.5) is 5.82 Å². The summed E-state index contributed by atoms with van der Waals surface area (Å²) in [5.41, 5.74) is 1.27. The van der Waals surface area contributed by atoms with Crippen LogP contribution in [-0.4, -0.2) is 22.4 Å². The highest BCUT2D eigenvalue weighted by atomic mass is 35.5. The lowest BCUT2D eigenvalue weighted by molar-refractivity contribution is 0.0945. The van der Waals surface area contributed by atoms with Gasteiger partial charge in [-0.1, -0.05) is 30.7 Å². The maximum atomic E-state index is 12.0. The lowest BCUT2D eigenvalue weighted by Crippen LogP contribution is -2.24. The number of benzene rings is 1. The Morgan fingerprint density at radius 1 is 1.19 bits per heavy atom. The van der Waals surface area contributed by atoms with E-state index in [1.165, 1.54) is 6.20 Å². The van der Waals surface area contributed by atoms with Crippen molar-refractivity contribution < 1.29 is 4.79 Å². The van der Waals surface area contributed by atoms with Crippen molar-refractivity contribution >= 4 is 23.3 Å². The fraction of sp³-hybridized carbons (Fsp3) is 0.267. The Kier molecular flexibility index (Phi) is 5.51. The van der Waals surface area contributed by atoms with Crippen molar-refractivity contribution in [3.05, 3.63) is 52.9 Å². The van der Waals surface area contributed by atoms with Crippen molar-refractivity contribution in [3.63, 3.8) is 0 Å². The summed E-state index contributed by atoms with van der Waals surface area (Å²) in [7, 11) is 0. The number of nitrogens with one attached hydrogen (secondary N) is 2. The van der Waals surface area contributed by atoms with E-state index in [1.54, 1.807) is 18.3 Å². The lowest BCUT2D eigenvalue weighted by Gasteiger charge is -2.06.